The molecule has 0 aromatic carbocycles. The van der Waals surface area contributed by atoms with Gasteiger partial charge >= 0.3 is 8.80 Å². The molecule has 0 heterocycles. The Kier molecular flexibility index (Phi) is 7.89. The minimum absolute atomic E-state index is 0.106. The van der Waals surface area contributed by atoms with E-state index in [9.17, 15) is 5.11 Å². The van der Waals surface area contributed by atoms with Crippen LogP contribution in [0, 0.1) is 5.41 Å². The van der Waals surface area contributed by atoms with Gasteiger partial charge in [-0.25, -0.2) is 0 Å². The lowest BCUT2D eigenvalue weighted by molar-refractivity contribution is 0.123. The van der Waals surface area contributed by atoms with Gasteiger partial charge in [-0.3, -0.25) is 4.99 Å². The zero-order valence-corrected chi connectivity index (χ0v) is 13.4. The zero-order chi connectivity index (χ0) is 14.2. The van der Waals surface area contributed by atoms with Crippen molar-refractivity contribution in [1.82, 2.24) is 0 Å². The maximum atomic E-state index is 9.23. The Balaban J connectivity index is 4.24. The van der Waals surface area contributed by atoms with Gasteiger partial charge in [-0.1, -0.05) is 13.8 Å². The number of rotatable bonds is 9. The second kappa shape index (κ2) is 8.01. The Bertz CT molecular complexity index is 257. The van der Waals surface area contributed by atoms with Gasteiger partial charge in [0.05, 0.1) is 6.61 Å². The van der Waals surface area contributed by atoms with Gasteiger partial charge in [0.15, 0.2) is 0 Å². The molecule has 0 radical (unpaired) electrons. The first-order chi connectivity index (χ1) is 8.37. The topological polar surface area (TPSA) is 60.3 Å². The van der Waals surface area contributed by atoms with E-state index in [1.807, 2.05) is 20.8 Å². The third kappa shape index (κ3) is 5.15. The van der Waals surface area contributed by atoms with Crippen molar-refractivity contribution in [3.8, 4) is 0 Å². The van der Waals surface area contributed by atoms with Gasteiger partial charge in [-0.2, -0.15) is 0 Å². The highest BCUT2D eigenvalue weighted by Gasteiger charge is 2.36. The lowest BCUT2D eigenvalue weighted by atomic mass is 9.89. The summed E-state index contributed by atoms with van der Waals surface area (Å²) in [5, 5.41) is 9.23. The maximum Gasteiger partial charge on any atom is 0.500 e. The normalized spacial score (nSPS) is 14.1. The van der Waals surface area contributed by atoms with E-state index in [0.717, 1.165) is 18.2 Å². The van der Waals surface area contributed by atoms with Crippen molar-refractivity contribution in [2.75, 3.05) is 34.5 Å². The summed E-state index contributed by atoms with van der Waals surface area (Å²) < 4.78 is 16.0. The van der Waals surface area contributed by atoms with E-state index in [-0.39, 0.29) is 12.0 Å². The van der Waals surface area contributed by atoms with Gasteiger partial charge in [0.1, 0.15) is 0 Å². The number of aliphatic hydroxyl groups excluding tert-OH is 1. The van der Waals surface area contributed by atoms with Gasteiger partial charge in [0, 0.05) is 45.0 Å². The average Bonchev–Trinajstić information content (AvgIpc) is 2.39. The first-order valence-electron chi connectivity index (χ1n) is 6.15. The van der Waals surface area contributed by atoms with Crippen molar-refractivity contribution in [3.05, 3.63) is 0 Å². The molecule has 0 aromatic rings. The van der Waals surface area contributed by atoms with E-state index in [2.05, 4.69) is 4.99 Å². The predicted octanol–water partition coefficient (Wildman–Crippen LogP) is 1.73. The van der Waals surface area contributed by atoms with Crippen molar-refractivity contribution in [1.29, 1.82) is 0 Å². The van der Waals surface area contributed by atoms with E-state index < -0.39 is 8.80 Å². The van der Waals surface area contributed by atoms with Gasteiger partial charge in [0.25, 0.3) is 0 Å². The molecule has 0 bridgehead atoms. The summed E-state index contributed by atoms with van der Waals surface area (Å²) in [5.41, 5.74) is 0.711. The highest BCUT2D eigenvalue weighted by atomic mass is 28.4. The smallest absolute Gasteiger partial charge is 0.395 e. The molecule has 0 rings (SSSR count). The Morgan fingerprint density at radius 1 is 1.17 bits per heavy atom. The molecule has 6 heteroatoms. The minimum Gasteiger partial charge on any atom is -0.395 e. The van der Waals surface area contributed by atoms with Crippen LogP contribution in [0.15, 0.2) is 4.99 Å². The molecule has 0 aliphatic heterocycles. The maximum absolute atomic E-state index is 9.23. The minimum atomic E-state index is -2.46. The quantitative estimate of drug-likeness (QED) is 0.396. The summed E-state index contributed by atoms with van der Waals surface area (Å²) in [6, 6.07) is 0.743. The standard InChI is InChI=1S/C12H27NO4Si/c1-11(12(2,3)10-14)13-8-7-9-18(15-4,16-5)17-6/h14H,7-10H2,1-6H3. The SMILES string of the molecule is CO[Si](CCCN=C(C)C(C)(C)CO)(OC)OC. The summed E-state index contributed by atoms with van der Waals surface area (Å²) in [6.45, 7) is 6.70. The first-order valence-corrected chi connectivity index (χ1v) is 8.08. The Morgan fingerprint density at radius 2 is 1.67 bits per heavy atom. The van der Waals surface area contributed by atoms with Gasteiger partial charge in [-0.15, -0.1) is 0 Å². The summed E-state index contributed by atoms with van der Waals surface area (Å²) in [6.07, 6.45) is 0.848. The number of aliphatic hydroxyl groups is 1. The fourth-order valence-electron chi connectivity index (χ4n) is 1.43. The summed E-state index contributed by atoms with van der Waals surface area (Å²) in [5.74, 6) is 0. The van der Waals surface area contributed by atoms with Crippen LogP contribution >= 0.6 is 0 Å². The van der Waals surface area contributed by atoms with Gasteiger partial charge < -0.3 is 18.4 Å². The van der Waals surface area contributed by atoms with Crippen LogP contribution in [0.3, 0.4) is 0 Å². The van der Waals surface area contributed by atoms with Crippen LogP contribution < -0.4 is 0 Å². The highest BCUT2D eigenvalue weighted by molar-refractivity contribution is 6.60. The number of nitrogens with zero attached hydrogens (tertiary/aromatic N) is 1. The molecule has 0 aliphatic rings. The summed E-state index contributed by atoms with van der Waals surface area (Å²) in [4.78, 5) is 4.48. The van der Waals surface area contributed by atoms with E-state index in [1.54, 1.807) is 21.3 Å². The first kappa shape index (κ1) is 17.7. The van der Waals surface area contributed by atoms with Crippen molar-refractivity contribution >= 4 is 14.5 Å². The summed E-state index contributed by atoms with van der Waals surface area (Å²) in [7, 11) is 2.38. The van der Waals surface area contributed by atoms with Crippen LogP contribution in [-0.2, 0) is 13.3 Å². The molecule has 0 aliphatic carbocycles. The monoisotopic (exact) mass is 277 g/mol. The molecule has 0 aromatic heterocycles. The largest absolute Gasteiger partial charge is 0.500 e. The van der Waals surface area contributed by atoms with Gasteiger partial charge in [0.2, 0.25) is 0 Å². The zero-order valence-electron chi connectivity index (χ0n) is 12.4. The predicted molar refractivity (Wildman–Crippen MR) is 75.0 cm³/mol. The number of hydrogen-bond acceptors (Lipinski definition) is 5. The van der Waals surface area contributed by atoms with Crippen LogP contribution in [0.1, 0.15) is 27.2 Å². The highest BCUT2D eigenvalue weighted by Crippen LogP contribution is 2.18. The van der Waals surface area contributed by atoms with Crippen molar-refractivity contribution in [2.24, 2.45) is 10.4 Å². The lowest BCUT2D eigenvalue weighted by Gasteiger charge is -2.24. The fourth-order valence-corrected chi connectivity index (χ4v) is 3.13. The molecule has 0 amide bonds. The third-order valence-corrected chi connectivity index (χ3v) is 6.13. The van der Waals surface area contributed by atoms with E-state index >= 15 is 0 Å². The Morgan fingerprint density at radius 3 is 2.06 bits per heavy atom. The fraction of sp³-hybridized carbons (Fsp3) is 0.917. The van der Waals surface area contributed by atoms with Crippen molar-refractivity contribution in [2.45, 2.75) is 33.2 Å². The van der Waals surface area contributed by atoms with E-state index in [0.29, 0.717) is 6.54 Å². The van der Waals surface area contributed by atoms with Gasteiger partial charge in [-0.05, 0) is 13.3 Å². The molecular weight excluding hydrogens is 250 g/mol. The molecular formula is C12H27NO4Si. The molecule has 1 N–H and O–H groups in total. The van der Waals surface area contributed by atoms with Crippen molar-refractivity contribution < 1.29 is 18.4 Å². The number of aliphatic imine (C=N–C) groups is 1. The molecule has 0 atom stereocenters. The van der Waals surface area contributed by atoms with Crippen molar-refractivity contribution in [3.63, 3.8) is 0 Å². The number of hydrogen-bond donors (Lipinski definition) is 1. The molecule has 0 saturated carbocycles. The molecule has 0 unspecified atom stereocenters. The van der Waals surface area contributed by atoms with Crippen LogP contribution in [0.2, 0.25) is 6.04 Å². The third-order valence-electron chi connectivity index (χ3n) is 3.30. The van der Waals surface area contributed by atoms with Crippen LogP contribution in [-0.4, -0.2) is 54.1 Å². The van der Waals surface area contributed by atoms with Crippen LogP contribution in [0.25, 0.3) is 0 Å². The van der Waals surface area contributed by atoms with E-state index in [4.69, 9.17) is 13.3 Å². The molecule has 18 heavy (non-hydrogen) atoms. The Hall–Kier alpha value is -0.273. The second-order valence-corrected chi connectivity index (χ2v) is 8.00. The summed E-state index contributed by atoms with van der Waals surface area (Å²) >= 11 is 0. The van der Waals surface area contributed by atoms with Crippen LogP contribution in [0.5, 0.6) is 0 Å². The average molecular weight is 277 g/mol. The molecule has 0 spiro atoms. The van der Waals surface area contributed by atoms with E-state index in [1.165, 1.54) is 0 Å². The Labute approximate surface area is 112 Å². The molecule has 0 saturated heterocycles. The molecule has 0 fully saturated rings. The van der Waals surface area contributed by atoms with Crippen LogP contribution in [0.4, 0.5) is 0 Å². The molecule has 5 nitrogen and oxygen atoms in total. The lowest BCUT2D eigenvalue weighted by Crippen LogP contribution is -2.42. The second-order valence-electron chi connectivity index (χ2n) is 4.91. The molecule has 108 valence electrons.